The number of pyridine rings is 1. The van der Waals surface area contributed by atoms with E-state index in [1.165, 1.54) is 16.7 Å². The van der Waals surface area contributed by atoms with Crippen LogP contribution in [0.15, 0.2) is 35.1 Å². The van der Waals surface area contributed by atoms with Gasteiger partial charge in [-0.1, -0.05) is 26.0 Å². The average molecular weight is 353 g/mol. The third-order valence-electron chi connectivity index (χ3n) is 4.05. The first kappa shape index (κ1) is 18.8. The Morgan fingerprint density at radius 1 is 1.12 bits per heavy atom. The van der Waals surface area contributed by atoms with Crippen LogP contribution in [0, 0.1) is 0 Å². The number of carboxylic acid groups (broad SMARTS) is 1. The number of alkyl halides is 3. The predicted octanol–water partition coefficient (Wildman–Crippen LogP) is 3.74. The Kier molecular flexibility index (Phi) is 5.35. The third kappa shape index (κ3) is 3.92. The van der Waals surface area contributed by atoms with Crippen molar-refractivity contribution in [3.63, 3.8) is 0 Å². The summed E-state index contributed by atoms with van der Waals surface area (Å²) in [5.74, 6) is -1.30. The molecule has 0 radical (unpaired) electrons. The Hall–Kier alpha value is -2.57. The molecule has 0 saturated carbocycles. The van der Waals surface area contributed by atoms with Gasteiger partial charge in [0.25, 0.3) is 5.56 Å². The molecule has 0 aliphatic carbocycles. The van der Waals surface area contributed by atoms with E-state index in [1.54, 1.807) is 13.0 Å². The summed E-state index contributed by atoms with van der Waals surface area (Å²) in [4.78, 5) is 24.0. The van der Waals surface area contributed by atoms with Crippen LogP contribution >= 0.6 is 0 Å². The molecule has 0 atom stereocenters. The highest BCUT2D eigenvalue weighted by Gasteiger charge is 2.30. The van der Waals surface area contributed by atoms with Crippen molar-refractivity contribution < 1.29 is 23.1 Å². The maximum atomic E-state index is 12.6. The highest BCUT2D eigenvalue weighted by atomic mass is 19.4. The molecule has 0 aliphatic heterocycles. The Morgan fingerprint density at radius 2 is 1.72 bits per heavy atom. The van der Waals surface area contributed by atoms with E-state index in [4.69, 9.17) is 0 Å². The monoisotopic (exact) mass is 353 g/mol. The van der Waals surface area contributed by atoms with E-state index in [-0.39, 0.29) is 12.1 Å². The molecule has 0 fully saturated rings. The fraction of sp³-hybridized carbons (Fsp3) is 0.333. The summed E-state index contributed by atoms with van der Waals surface area (Å²) in [7, 11) is 0. The number of aromatic carboxylic acids is 1. The molecule has 1 aromatic carbocycles. The number of carboxylic acids is 1. The Morgan fingerprint density at radius 3 is 2.16 bits per heavy atom. The van der Waals surface area contributed by atoms with Gasteiger partial charge in [-0.2, -0.15) is 13.2 Å². The van der Waals surface area contributed by atoms with Gasteiger partial charge in [0.1, 0.15) is 5.56 Å². The highest BCUT2D eigenvalue weighted by Crippen LogP contribution is 2.29. The maximum absolute atomic E-state index is 12.6. The molecule has 1 heterocycles. The summed E-state index contributed by atoms with van der Waals surface area (Å²) in [5.41, 5.74) is -0.0998. The van der Waals surface area contributed by atoms with Gasteiger partial charge in [0.05, 0.1) is 12.1 Å². The van der Waals surface area contributed by atoms with E-state index < -0.39 is 23.3 Å². The van der Waals surface area contributed by atoms with Crippen LogP contribution in [0.2, 0.25) is 0 Å². The third-order valence-corrected chi connectivity index (χ3v) is 4.05. The minimum atomic E-state index is -4.43. The number of aryl methyl sites for hydroxylation is 2. The summed E-state index contributed by atoms with van der Waals surface area (Å²) in [6, 6.07) is 6.16. The van der Waals surface area contributed by atoms with Gasteiger partial charge in [0.2, 0.25) is 0 Å². The lowest BCUT2D eigenvalue weighted by Crippen LogP contribution is -2.31. The van der Waals surface area contributed by atoms with E-state index in [9.17, 15) is 27.9 Å². The van der Waals surface area contributed by atoms with Crippen molar-refractivity contribution in [2.75, 3.05) is 0 Å². The molecule has 25 heavy (non-hydrogen) atoms. The molecule has 134 valence electrons. The summed E-state index contributed by atoms with van der Waals surface area (Å²) >= 11 is 0. The van der Waals surface area contributed by atoms with Crippen LogP contribution in [-0.4, -0.2) is 15.6 Å². The molecule has 2 rings (SSSR count). The zero-order chi connectivity index (χ0) is 18.8. The number of hydrogen-bond donors (Lipinski definition) is 1. The Labute approximate surface area is 142 Å². The minimum Gasteiger partial charge on any atom is -0.477 e. The Bertz CT molecular complexity index is 836. The minimum absolute atomic E-state index is 0.0183. The normalized spacial score (nSPS) is 11.6. The molecule has 2 aromatic rings. The van der Waals surface area contributed by atoms with Crippen molar-refractivity contribution in [2.24, 2.45) is 0 Å². The molecule has 1 N–H and O–H groups in total. The first-order chi connectivity index (χ1) is 11.7. The molecule has 1 aromatic heterocycles. The molecule has 0 aliphatic rings. The summed E-state index contributed by atoms with van der Waals surface area (Å²) in [5, 5.41) is 9.32. The van der Waals surface area contributed by atoms with Crippen molar-refractivity contribution in [2.45, 2.75) is 39.4 Å². The van der Waals surface area contributed by atoms with Gasteiger partial charge in [0.15, 0.2) is 0 Å². The van der Waals surface area contributed by atoms with Crippen LogP contribution in [0.25, 0.3) is 0 Å². The molecule has 0 saturated heterocycles. The number of carbonyl (C=O) groups is 1. The van der Waals surface area contributed by atoms with Gasteiger partial charge in [-0.15, -0.1) is 0 Å². The quantitative estimate of drug-likeness (QED) is 0.891. The maximum Gasteiger partial charge on any atom is 0.416 e. The van der Waals surface area contributed by atoms with Gasteiger partial charge >= 0.3 is 12.1 Å². The van der Waals surface area contributed by atoms with Gasteiger partial charge in [-0.05, 0) is 42.2 Å². The van der Waals surface area contributed by atoms with Crippen molar-refractivity contribution in [1.82, 2.24) is 4.57 Å². The predicted molar refractivity (Wildman–Crippen MR) is 87.0 cm³/mol. The summed E-state index contributed by atoms with van der Waals surface area (Å²) < 4.78 is 39.2. The van der Waals surface area contributed by atoms with Crippen molar-refractivity contribution >= 4 is 5.97 Å². The van der Waals surface area contributed by atoms with Gasteiger partial charge < -0.3 is 9.67 Å². The van der Waals surface area contributed by atoms with Gasteiger partial charge in [-0.25, -0.2) is 4.79 Å². The number of hydrogen-bond acceptors (Lipinski definition) is 2. The van der Waals surface area contributed by atoms with E-state index in [2.05, 4.69) is 0 Å². The van der Waals surface area contributed by atoms with Crippen LogP contribution in [0.3, 0.4) is 0 Å². The second-order valence-electron chi connectivity index (χ2n) is 5.63. The van der Waals surface area contributed by atoms with Crippen molar-refractivity contribution in [3.8, 4) is 0 Å². The van der Waals surface area contributed by atoms with Crippen LogP contribution in [0.4, 0.5) is 13.2 Å². The van der Waals surface area contributed by atoms with E-state index in [0.29, 0.717) is 29.7 Å². The number of nitrogens with zero attached hydrogens (tertiary/aromatic N) is 1. The molecule has 0 spiro atoms. The lowest BCUT2D eigenvalue weighted by atomic mass is 10.0. The molecular weight excluding hydrogens is 335 g/mol. The summed E-state index contributed by atoms with van der Waals surface area (Å²) in [6.07, 6.45) is -3.52. The smallest absolute Gasteiger partial charge is 0.416 e. The topological polar surface area (TPSA) is 59.3 Å². The van der Waals surface area contributed by atoms with Crippen LogP contribution in [-0.2, 0) is 25.6 Å². The zero-order valence-electron chi connectivity index (χ0n) is 13.9. The van der Waals surface area contributed by atoms with E-state index in [0.717, 1.165) is 12.1 Å². The van der Waals surface area contributed by atoms with E-state index in [1.807, 2.05) is 6.92 Å². The fourth-order valence-electron chi connectivity index (χ4n) is 2.71. The Balaban J connectivity index is 2.50. The van der Waals surface area contributed by atoms with E-state index >= 15 is 0 Å². The average Bonchev–Trinajstić information content (AvgIpc) is 2.55. The highest BCUT2D eigenvalue weighted by molar-refractivity contribution is 5.89. The molecule has 0 amide bonds. The van der Waals surface area contributed by atoms with Gasteiger partial charge in [0, 0.05) is 5.69 Å². The first-order valence-electron chi connectivity index (χ1n) is 7.84. The molecule has 0 unspecified atom stereocenters. The zero-order valence-corrected chi connectivity index (χ0v) is 13.9. The second-order valence-corrected chi connectivity index (χ2v) is 5.63. The first-order valence-corrected chi connectivity index (χ1v) is 7.84. The molecule has 0 bridgehead atoms. The number of rotatable bonds is 5. The van der Waals surface area contributed by atoms with Crippen LogP contribution < -0.4 is 5.56 Å². The van der Waals surface area contributed by atoms with Crippen molar-refractivity contribution in [1.29, 1.82) is 0 Å². The fourth-order valence-corrected chi connectivity index (χ4v) is 2.71. The van der Waals surface area contributed by atoms with Gasteiger partial charge in [-0.3, -0.25) is 4.79 Å². The van der Waals surface area contributed by atoms with Crippen molar-refractivity contribution in [3.05, 3.63) is 68.6 Å². The SMILES string of the molecule is CCc1cc(CC)n(Cc2ccc(C(F)(F)F)cc2)c(=O)c1C(=O)O. The summed E-state index contributed by atoms with van der Waals surface area (Å²) in [6.45, 7) is 3.61. The largest absolute Gasteiger partial charge is 0.477 e. The standard InChI is InChI=1S/C18H18F3NO3/c1-3-12-9-14(4-2)22(16(23)15(12)17(24)25)10-11-5-7-13(8-6-11)18(19,20)21/h5-9H,3-4,10H2,1-2H3,(H,24,25). The second kappa shape index (κ2) is 7.13. The molecular formula is C18H18F3NO3. The molecule has 4 nitrogen and oxygen atoms in total. The number of aromatic nitrogens is 1. The molecule has 7 heteroatoms. The number of halogens is 3. The lowest BCUT2D eigenvalue weighted by molar-refractivity contribution is -0.137. The lowest BCUT2D eigenvalue weighted by Gasteiger charge is -2.16. The number of benzene rings is 1. The van der Waals surface area contributed by atoms with Crippen LogP contribution in [0.5, 0.6) is 0 Å². The van der Waals surface area contributed by atoms with Crippen LogP contribution in [0.1, 0.15) is 46.6 Å².